The highest BCUT2D eigenvalue weighted by atomic mass is 19.1. The molecule has 2 amide bonds. The molecule has 0 aliphatic carbocycles. The van der Waals surface area contributed by atoms with Crippen LogP contribution in [-0.4, -0.2) is 39.9 Å². The summed E-state index contributed by atoms with van der Waals surface area (Å²) >= 11 is 0. The first-order valence-corrected chi connectivity index (χ1v) is 12.2. The van der Waals surface area contributed by atoms with Crippen LogP contribution >= 0.6 is 0 Å². The van der Waals surface area contributed by atoms with E-state index in [1.807, 2.05) is 24.3 Å². The molecule has 3 aromatic rings. The lowest BCUT2D eigenvalue weighted by molar-refractivity contribution is -0.142. The Labute approximate surface area is 215 Å². The second kappa shape index (κ2) is 11.8. The van der Waals surface area contributed by atoms with E-state index in [4.69, 9.17) is 10.8 Å². The Balaban J connectivity index is 1.44. The lowest BCUT2D eigenvalue weighted by Crippen LogP contribution is -2.53. The standard InChI is InChI=1S/C29H30FN3O4/c30-25-8-4-3-6-22(25)14-24(31)16-27(34)33-18-23-7-2-1-5-21(23)15-26(33)29(37)32-17-20-11-9-19(10-12-20)13-28(35)36/h1-12,24,26H,13-18,31H2,(H,32,37)(H,35,36)/t24-,26+/m1/s1. The zero-order valence-corrected chi connectivity index (χ0v) is 20.4. The third-order valence-electron chi connectivity index (χ3n) is 6.59. The lowest BCUT2D eigenvalue weighted by Gasteiger charge is -2.36. The van der Waals surface area contributed by atoms with Crippen LogP contribution in [-0.2, 0) is 46.7 Å². The SMILES string of the molecule is N[C@@H](CC(=O)N1Cc2ccccc2C[C@H]1C(=O)NCc1ccc(CC(=O)O)cc1)Cc1ccccc1F. The number of carboxylic acids is 1. The number of carbonyl (C=O) groups is 3. The Bertz CT molecular complexity index is 1280. The molecule has 1 aliphatic heterocycles. The highest BCUT2D eigenvalue weighted by molar-refractivity contribution is 5.88. The van der Waals surface area contributed by atoms with Crippen LogP contribution in [0, 0.1) is 5.82 Å². The molecule has 0 saturated carbocycles. The highest BCUT2D eigenvalue weighted by Crippen LogP contribution is 2.25. The molecule has 0 radical (unpaired) electrons. The summed E-state index contributed by atoms with van der Waals surface area (Å²) in [5.74, 6) is -1.79. The number of hydrogen-bond acceptors (Lipinski definition) is 4. The van der Waals surface area contributed by atoms with Crippen LogP contribution in [0.3, 0.4) is 0 Å². The minimum Gasteiger partial charge on any atom is -0.481 e. The predicted molar refractivity (Wildman–Crippen MR) is 137 cm³/mol. The van der Waals surface area contributed by atoms with Gasteiger partial charge in [-0.3, -0.25) is 14.4 Å². The fraction of sp³-hybridized carbons (Fsp3) is 0.276. The van der Waals surface area contributed by atoms with Gasteiger partial charge in [-0.05, 0) is 40.3 Å². The Morgan fingerprint density at radius 1 is 0.973 bits per heavy atom. The number of nitrogens with one attached hydrogen (secondary N) is 1. The number of carbonyl (C=O) groups excluding carboxylic acids is 2. The average molecular weight is 504 g/mol. The summed E-state index contributed by atoms with van der Waals surface area (Å²) in [6.45, 7) is 0.544. The van der Waals surface area contributed by atoms with E-state index in [0.29, 0.717) is 24.1 Å². The monoisotopic (exact) mass is 503 g/mol. The van der Waals surface area contributed by atoms with Crippen LogP contribution in [0.25, 0.3) is 0 Å². The van der Waals surface area contributed by atoms with E-state index in [1.54, 1.807) is 47.4 Å². The summed E-state index contributed by atoms with van der Waals surface area (Å²) in [4.78, 5) is 39.0. The largest absolute Gasteiger partial charge is 0.481 e. The quantitative estimate of drug-likeness (QED) is 0.416. The number of carboxylic acid groups (broad SMARTS) is 1. The maximum atomic E-state index is 14.0. The van der Waals surface area contributed by atoms with Crippen molar-refractivity contribution in [1.82, 2.24) is 10.2 Å². The third-order valence-corrected chi connectivity index (χ3v) is 6.59. The maximum absolute atomic E-state index is 14.0. The molecule has 0 aromatic heterocycles. The molecule has 0 spiro atoms. The molecule has 1 aliphatic rings. The van der Waals surface area contributed by atoms with Gasteiger partial charge in [-0.1, -0.05) is 66.7 Å². The molecule has 192 valence electrons. The average Bonchev–Trinajstić information content (AvgIpc) is 2.88. The van der Waals surface area contributed by atoms with Gasteiger partial charge in [0.2, 0.25) is 11.8 Å². The number of aliphatic carboxylic acids is 1. The number of nitrogens with two attached hydrogens (primary N) is 1. The number of fused-ring (bicyclic) bond motifs is 1. The first kappa shape index (κ1) is 26.0. The number of amides is 2. The van der Waals surface area contributed by atoms with Crippen molar-refractivity contribution in [1.29, 1.82) is 0 Å². The minimum atomic E-state index is -0.906. The first-order valence-electron chi connectivity index (χ1n) is 12.2. The number of benzene rings is 3. The Morgan fingerprint density at radius 2 is 1.62 bits per heavy atom. The maximum Gasteiger partial charge on any atom is 0.307 e. The van der Waals surface area contributed by atoms with E-state index in [1.165, 1.54) is 6.07 Å². The Hall–Kier alpha value is -4.04. The summed E-state index contributed by atoms with van der Waals surface area (Å²) < 4.78 is 14.0. The zero-order chi connectivity index (χ0) is 26.4. The van der Waals surface area contributed by atoms with E-state index in [9.17, 15) is 18.8 Å². The zero-order valence-electron chi connectivity index (χ0n) is 20.4. The molecule has 4 N–H and O–H groups in total. The van der Waals surface area contributed by atoms with Crippen molar-refractivity contribution in [2.24, 2.45) is 5.73 Å². The van der Waals surface area contributed by atoms with E-state index >= 15 is 0 Å². The van der Waals surface area contributed by atoms with Gasteiger partial charge in [-0.25, -0.2) is 4.39 Å². The Kier molecular flexibility index (Phi) is 8.30. The molecule has 1 heterocycles. The van der Waals surface area contributed by atoms with Gasteiger partial charge < -0.3 is 21.1 Å². The fourth-order valence-electron chi connectivity index (χ4n) is 4.64. The van der Waals surface area contributed by atoms with Gasteiger partial charge in [0, 0.05) is 32.0 Å². The van der Waals surface area contributed by atoms with Gasteiger partial charge in [0.25, 0.3) is 0 Å². The first-order chi connectivity index (χ1) is 17.8. The molecule has 4 rings (SSSR count). The van der Waals surface area contributed by atoms with E-state index in [0.717, 1.165) is 16.7 Å². The van der Waals surface area contributed by atoms with Crippen LogP contribution in [0.5, 0.6) is 0 Å². The fourth-order valence-corrected chi connectivity index (χ4v) is 4.64. The number of nitrogens with zero attached hydrogens (tertiary/aromatic N) is 1. The van der Waals surface area contributed by atoms with Crippen molar-refractivity contribution in [3.8, 4) is 0 Å². The van der Waals surface area contributed by atoms with Crippen molar-refractivity contribution in [2.45, 2.75) is 50.9 Å². The van der Waals surface area contributed by atoms with Gasteiger partial charge in [0.1, 0.15) is 11.9 Å². The minimum absolute atomic E-state index is 0.00861. The smallest absolute Gasteiger partial charge is 0.307 e. The number of halogens is 1. The van der Waals surface area contributed by atoms with Crippen molar-refractivity contribution in [3.05, 3.63) is 106 Å². The molecule has 0 unspecified atom stereocenters. The summed E-state index contributed by atoms with van der Waals surface area (Å²) in [6, 6.07) is 19.8. The third kappa shape index (κ3) is 6.80. The van der Waals surface area contributed by atoms with Gasteiger partial charge in [0.15, 0.2) is 0 Å². The van der Waals surface area contributed by atoms with Crippen molar-refractivity contribution in [2.75, 3.05) is 0 Å². The van der Waals surface area contributed by atoms with E-state index < -0.39 is 18.1 Å². The second-order valence-electron chi connectivity index (χ2n) is 9.37. The van der Waals surface area contributed by atoms with Gasteiger partial charge in [-0.2, -0.15) is 0 Å². The topological polar surface area (TPSA) is 113 Å². The lowest BCUT2D eigenvalue weighted by atomic mass is 9.92. The molecule has 0 bridgehead atoms. The van der Waals surface area contributed by atoms with Crippen LogP contribution in [0.2, 0.25) is 0 Å². The molecule has 0 saturated heterocycles. The predicted octanol–water partition coefficient (Wildman–Crippen LogP) is 2.98. The molecule has 37 heavy (non-hydrogen) atoms. The molecular formula is C29H30FN3O4. The Morgan fingerprint density at radius 3 is 2.32 bits per heavy atom. The van der Waals surface area contributed by atoms with Crippen molar-refractivity contribution >= 4 is 17.8 Å². The molecular weight excluding hydrogens is 473 g/mol. The summed E-state index contributed by atoms with van der Waals surface area (Å²) in [5.41, 5.74) is 10.2. The van der Waals surface area contributed by atoms with Crippen LogP contribution in [0.15, 0.2) is 72.8 Å². The van der Waals surface area contributed by atoms with Crippen LogP contribution in [0.4, 0.5) is 4.39 Å². The summed E-state index contributed by atoms with van der Waals surface area (Å²) in [7, 11) is 0. The number of hydrogen-bond donors (Lipinski definition) is 3. The normalized spacial score (nSPS) is 15.5. The van der Waals surface area contributed by atoms with Gasteiger partial charge in [0.05, 0.1) is 6.42 Å². The van der Waals surface area contributed by atoms with Crippen molar-refractivity contribution in [3.63, 3.8) is 0 Å². The molecule has 8 heteroatoms. The van der Waals surface area contributed by atoms with Gasteiger partial charge in [-0.15, -0.1) is 0 Å². The van der Waals surface area contributed by atoms with E-state index in [2.05, 4.69) is 5.32 Å². The molecule has 0 fully saturated rings. The van der Waals surface area contributed by atoms with E-state index in [-0.39, 0.29) is 43.4 Å². The highest BCUT2D eigenvalue weighted by Gasteiger charge is 2.34. The second-order valence-corrected chi connectivity index (χ2v) is 9.37. The van der Waals surface area contributed by atoms with Gasteiger partial charge >= 0.3 is 5.97 Å². The van der Waals surface area contributed by atoms with Crippen molar-refractivity contribution < 1.29 is 23.9 Å². The summed E-state index contributed by atoms with van der Waals surface area (Å²) in [5, 5.41) is 11.8. The molecule has 2 atom stereocenters. The van der Waals surface area contributed by atoms with Crippen LogP contribution in [0.1, 0.15) is 34.2 Å². The van der Waals surface area contributed by atoms with Crippen LogP contribution < -0.4 is 11.1 Å². The molecule has 3 aromatic carbocycles. The summed E-state index contributed by atoms with van der Waals surface area (Å²) in [6.07, 6.45) is 0.529. The number of rotatable bonds is 9. The molecule has 7 nitrogen and oxygen atoms in total.